The molecule has 0 heterocycles. The van der Waals surface area contributed by atoms with E-state index in [9.17, 15) is 4.79 Å². The Hall–Kier alpha value is -3.07. The number of hydrogen-bond acceptors (Lipinski definition) is 2. The van der Waals surface area contributed by atoms with Gasteiger partial charge in [-0.2, -0.15) is 0 Å². The van der Waals surface area contributed by atoms with Crippen molar-refractivity contribution in [3.8, 4) is 0 Å². The summed E-state index contributed by atoms with van der Waals surface area (Å²) in [6.07, 6.45) is 2.89. The molecule has 3 nitrogen and oxygen atoms in total. The van der Waals surface area contributed by atoms with Gasteiger partial charge in [-0.15, -0.1) is 0 Å². The van der Waals surface area contributed by atoms with Crippen LogP contribution in [0.1, 0.15) is 29.9 Å². The maximum absolute atomic E-state index is 13.2. The van der Waals surface area contributed by atoms with Gasteiger partial charge in [0.15, 0.2) is 0 Å². The average Bonchev–Trinajstić information content (AvgIpc) is 2.72. The fraction of sp³-hybridized carbons (Fsp3) is 0.174. The van der Waals surface area contributed by atoms with Gasteiger partial charge >= 0.3 is 0 Å². The molecule has 1 aliphatic rings. The van der Waals surface area contributed by atoms with E-state index in [1.807, 2.05) is 77.8 Å². The summed E-state index contributed by atoms with van der Waals surface area (Å²) in [4.78, 5) is 13.2. The number of amides is 1. The SMILES string of the molecule is O=C(NN(c1ccccc1)c1ccccc1)C1CCCc2[c]cccc21. The maximum atomic E-state index is 13.2. The second-order valence-electron chi connectivity index (χ2n) is 6.53. The molecule has 1 amide bonds. The number of aryl methyl sites for hydroxylation is 1. The lowest BCUT2D eigenvalue weighted by atomic mass is 9.82. The van der Waals surface area contributed by atoms with Crippen molar-refractivity contribution in [2.24, 2.45) is 0 Å². The Bertz CT molecular complexity index is 837. The molecule has 4 rings (SSSR count). The number of nitrogens with one attached hydrogen (secondary N) is 1. The molecule has 3 heteroatoms. The van der Waals surface area contributed by atoms with Crippen LogP contribution < -0.4 is 10.4 Å². The number of anilines is 2. The molecule has 0 aliphatic heterocycles. The molecule has 1 aliphatic carbocycles. The zero-order valence-electron chi connectivity index (χ0n) is 14.6. The zero-order valence-corrected chi connectivity index (χ0v) is 14.6. The highest BCUT2D eigenvalue weighted by atomic mass is 16.2. The molecule has 0 saturated heterocycles. The van der Waals surface area contributed by atoms with E-state index in [1.54, 1.807) is 0 Å². The summed E-state index contributed by atoms with van der Waals surface area (Å²) in [5.74, 6) is -0.107. The quantitative estimate of drug-likeness (QED) is 0.693. The van der Waals surface area contributed by atoms with Crippen LogP contribution in [0.4, 0.5) is 11.4 Å². The molecule has 1 radical (unpaired) electrons. The van der Waals surface area contributed by atoms with Gasteiger partial charge < -0.3 is 0 Å². The fourth-order valence-electron chi connectivity index (χ4n) is 3.56. The molecule has 1 atom stereocenters. The van der Waals surface area contributed by atoms with E-state index in [1.165, 1.54) is 5.56 Å². The van der Waals surface area contributed by atoms with Crippen LogP contribution in [0.2, 0.25) is 0 Å². The van der Waals surface area contributed by atoms with Gasteiger partial charge in [-0.25, -0.2) is 0 Å². The van der Waals surface area contributed by atoms with E-state index in [0.29, 0.717) is 0 Å². The predicted octanol–water partition coefficient (Wildman–Crippen LogP) is 4.78. The van der Waals surface area contributed by atoms with Crippen molar-refractivity contribution in [2.45, 2.75) is 25.2 Å². The number of carbonyl (C=O) groups excluding carboxylic acids is 1. The van der Waals surface area contributed by atoms with Crippen molar-refractivity contribution in [1.29, 1.82) is 0 Å². The molecule has 0 spiro atoms. The van der Waals surface area contributed by atoms with Crippen molar-refractivity contribution in [2.75, 3.05) is 5.01 Å². The average molecular weight is 341 g/mol. The Morgan fingerprint density at radius 3 is 2.23 bits per heavy atom. The van der Waals surface area contributed by atoms with Gasteiger partial charge in [0, 0.05) is 0 Å². The summed E-state index contributed by atoms with van der Waals surface area (Å²) in [7, 11) is 0. The van der Waals surface area contributed by atoms with E-state index in [0.717, 1.165) is 36.2 Å². The van der Waals surface area contributed by atoms with E-state index in [4.69, 9.17) is 0 Å². The number of nitrogens with zero attached hydrogens (tertiary/aromatic N) is 1. The number of hydrazine groups is 1. The molecule has 0 saturated carbocycles. The molecule has 0 aromatic heterocycles. The van der Waals surface area contributed by atoms with E-state index in [-0.39, 0.29) is 11.8 Å². The number of rotatable bonds is 4. The topological polar surface area (TPSA) is 32.3 Å². The largest absolute Gasteiger partial charge is 0.273 e. The number of fused-ring (bicyclic) bond motifs is 1. The molecule has 3 aromatic rings. The fourth-order valence-corrected chi connectivity index (χ4v) is 3.56. The molecule has 1 N–H and O–H groups in total. The van der Waals surface area contributed by atoms with Crippen LogP contribution >= 0.6 is 0 Å². The highest BCUT2D eigenvalue weighted by Crippen LogP contribution is 2.32. The standard InChI is InChI=1S/C23H21N2O/c26-23(22-17-9-11-18-10-7-8-16-21(18)22)24-25(19-12-3-1-4-13-19)20-14-5-2-6-15-20/h1-8,12-16,22H,9,11,17H2,(H,24,26). The van der Waals surface area contributed by atoms with E-state index in [2.05, 4.69) is 17.6 Å². The van der Waals surface area contributed by atoms with Gasteiger partial charge in [-0.3, -0.25) is 15.2 Å². The molecular formula is C23H21N2O. The van der Waals surface area contributed by atoms with Gasteiger partial charge in [-0.1, -0.05) is 54.6 Å². The van der Waals surface area contributed by atoms with E-state index < -0.39 is 0 Å². The van der Waals surface area contributed by atoms with Crippen molar-refractivity contribution < 1.29 is 4.79 Å². The number of carbonyl (C=O) groups is 1. The minimum Gasteiger partial charge on any atom is -0.273 e. The molecule has 3 aromatic carbocycles. The third kappa shape index (κ3) is 3.33. The third-order valence-corrected chi connectivity index (χ3v) is 4.84. The molecule has 0 fully saturated rings. The molecule has 1 unspecified atom stereocenters. The van der Waals surface area contributed by atoms with Gasteiger partial charge in [0.2, 0.25) is 5.91 Å². The van der Waals surface area contributed by atoms with Crippen molar-refractivity contribution >= 4 is 17.3 Å². The molecule has 0 bridgehead atoms. The second kappa shape index (κ2) is 7.44. The van der Waals surface area contributed by atoms with Crippen LogP contribution in [0, 0.1) is 6.07 Å². The highest BCUT2D eigenvalue weighted by molar-refractivity contribution is 5.87. The summed E-state index contributed by atoms with van der Waals surface area (Å²) in [6.45, 7) is 0. The first kappa shape index (κ1) is 16.4. The maximum Gasteiger partial charge on any atom is 0.246 e. The third-order valence-electron chi connectivity index (χ3n) is 4.84. The Morgan fingerprint density at radius 2 is 1.58 bits per heavy atom. The van der Waals surface area contributed by atoms with Gasteiger partial charge in [0.05, 0.1) is 17.3 Å². The summed E-state index contributed by atoms with van der Waals surface area (Å²) < 4.78 is 0. The molecular weight excluding hydrogens is 320 g/mol. The summed E-state index contributed by atoms with van der Waals surface area (Å²) in [6, 6.07) is 29.1. The van der Waals surface area contributed by atoms with Crippen molar-refractivity contribution in [3.63, 3.8) is 0 Å². The predicted molar refractivity (Wildman–Crippen MR) is 104 cm³/mol. The van der Waals surface area contributed by atoms with Gasteiger partial charge in [0.25, 0.3) is 0 Å². The van der Waals surface area contributed by atoms with E-state index >= 15 is 0 Å². The Balaban J connectivity index is 1.64. The van der Waals surface area contributed by atoms with Gasteiger partial charge in [-0.05, 0) is 60.7 Å². The first-order chi connectivity index (χ1) is 12.8. The van der Waals surface area contributed by atoms with Crippen LogP contribution in [0.25, 0.3) is 0 Å². The minimum atomic E-state index is -0.133. The van der Waals surface area contributed by atoms with Crippen molar-refractivity contribution in [3.05, 3.63) is 96.1 Å². The summed E-state index contributed by atoms with van der Waals surface area (Å²) >= 11 is 0. The lowest BCUT2D eigenvalue weighted by molar-refractivity contribution is -0.122. The number of hydrogen-bond donors (Lipinski definition) is 1. The summed E-state index contributed by atoms with van der Waals surface area (Å²) in [5.41, 5.74) is 7.29. The zero-order chi connectivity index (χ0) is 17.8. The van der Waals surface area contributed by atoms with Crippen LogP contribution in [0.15, 0.2) is 78.9 Å². The first-order valence-corrected chi connectivity index (χ1v) is 9.03. The number of benzene rings is 3. The van der Waals surface area contributed by atoms with Crippen LogP contribution in [0.3, 0.4) is 0 Å². The summed E-state index contributed by atoms with van der Waals surface area (Å²) in [5, 5.41) is 1.86. The molecule has 26 heavy (non-hydrogen) atoms. The Labute approximate surface area is 154 Å². The lowest BCUT2D eigenvalue weighted by Gasteiger charge is -2.30. The van der Waals surface area contributed by atoms with Crippen LogP contribution in [-0.2, 0) is 11.2 Å². The monoisotopic (exact) mass is 341 g/mol. The Morgan fingerprint density at radius 1 is 0.923 bits per heavy atom. The first-order valence-electron chi connectivity index (χ1n) is 9.03. The van der Waals surface area contributed by atoms with Gasteiger partial charge in [0.1, 0.15) is 0 Å². The second-order valence-corrected chi connectivity index (χ2v) is 6.53. The lowest BCUT2D eigenvalue weighted by Crippen LogP contribution is -2.42. The normalized spacial score (nSPS) is 15.8. The molecule has 129 valence electrons. The minimum absolute atomic E-state index is 0.0262. The highest BCUT2D eigenvalue weighted by Gasteiger charge is 2.27. The smallest absolute Gasteiger partial charge is 0.246 e. The van der Waals surface area contributed by atoms with Crippen molar-refractivity contribution in [1.82, 2.24) is 5.43 Å². The van der Waals surface area contributed by atoms with Crippen LogP contribution in [0.5, 0.6) is 0 Å². The Kier molecular flexibility index (Phi) is 4.69. The van der Waals surface area contributed by atoms with Crippen LogP contribution in [-0.4, -0.2) is 5.91 Å². The number of para-hydroxylation sites is 2.